The van der Waals surface area contributed by atoms with E-state index >= 15 is 0 Å². The Labute approximate surface area is 135 Å². The molecule has 3 rings (SSSR count). The minimum atomic E-state index is -0.297. The number of pyridine rings is 2. The number of phenolic OH excluding ortho intramolecular Hbond substituents is 1. The van der Waals surface area contributed by atoms with E-state index in [1.807, 2.05) is 0 Å². The van der Waals surface area contributed by atoms with Gasteiger partial charge in [0, 0.05) is 29.9 Å². The van der Waals surface area contributed by atoms with Gasteiger partial charge in [-0.3, -0.25) is 9.78 Å². The molecule has 0 unspecified atom stereocenters. The van der Waals surface area contributed by atoms with Crippen molar-refractivity contribution in [1.82, 2.24) is 15.3 Å². The number of fused-ring (bicyclic) bond motifs is 1. The number of para-hydroxylation sites is 1. The van der Waals surface area contributed by atoms with Gasteiger partial charge in [0.15, 0.2) is 0 Å². The summed E-state index contributed by atoms with van der Waals surface area (Å²) < 4.78 is 0.736. The Morgan fingerprint density at radius 2 is 2.00 bits per heavy atom. The van der Waals surface area contributed by atoms with Gasteiger partial charge in [0.05, 0.1) is 9.99 Å². The van der Waals surface area contributed by atoms with E-state index in [2.05, 4.69) is 31.2 Å². The van der Waals surface area contributed by atoms with E-state index in [4.69, 9.17) is 0 Å². The van der Waals surface area contributed by atoms with Crippen LogP contribution >= 0.6 is 15.9 Å². The number of rotatable bonds is 3. The lowest BCUT2D eigenvalue weighted by atomic mass is 10.2. The van der Waals surface area contributed by atoms with E-state index in [0.29, 0.717) is 16.8 Å². The summed E-state index contributed by atoms with van der Waals surface area (Å²) >= 11 is 3.38. The highest BCUT2D eigenvalue weighted by atomic mass is 79.9. The van der Waals surface area contributed by atoms with Crippen molar-refractivity contribution in [2.24, 2.45) is 0 Å². The maximum Gasteiger partial charge on any atom is 0.270 e. The summed E-state index contributed by atoms with van der Waals surface area (Å²) in [4.78, 5) is 20.6. The van der Waals surface area contributed by atoms with Gasteiger partial charge in [-0.05, 0) is 34.1 Å². The lowest BCUT2D eigenvalue weighted by molar-refractivity contribution is 0.0946. The fourth-order valence-corrected chi connectivity index (χ4v) is 2.50. The molecule has 0 aliphatic rings. The second kappa shape index (κ2) is 6.11. The van der Waals surface area contributed by atoms with Crippen LogP contribution in [-0.4, -0.2) is 21.0 Å². The number of hydrogen-bond acceptors (Lipinski definition) is 4. The van der Waals surface area contributed by atoms with Gasteiger partial charge in [-0.25, -0.2) is 4.98 Å². The highest BCUT2D eigenvalue weighted by Gasteiger charge is 2.10. The maximum atomic E-state index is 12.2. The van der Waals surface area contributed by atoms with Crippen LogP contribution in [0.5, 0.6) is 5.75 Å². The van der Waals surface area contributed by atoms with Crippen LogP contribution in [-0.2, 0) is 6.54 Å². The number of benzene rings is 1. The molecule has 0 bridgehead atoms. The predicted octanol–water partition coefficient (Wildman–Crippen LogP) is 3.03. The number of phenols is 1. The topological polar surface area (TPSA) is 75.1 Å². The fourth-order valence-electron chi connectivity index (χ4n) is 2.06. The Hall–Kier alpha value is -2.47. The summed E-state index contributed by atoms with van der Waals surface area (Å²) in [7, 11) is 0. The van der Waals surface area contributed by atoms with Crippen LogP contribution < -0.4 is 5.32 Å². The molecule has 0 saturated carbocycles. The SMILES string of the molecule is O=C(NCc1ccccc1O)c1ccc2cncc(Br)c2n1. The van der Waals surface area contributed by atoms with E-state index in [-0.39, 0.29) is 18.2 Å². The Kier molecular flexibility index (Phi) is 4.02. The number of nitrogens with one attached hydrogen (secondary N) is 1. The molecule has 0 aliphatic carbocycles. The molecule has 1 aromatic carbocycles. The number of carbonyl (C=O) groups is 1. The number of aromatic hydroxyl groups is 1. The molecule has 2 N–H and O–H groups in total. The first-order valence-electron chi connectivity index (χ1n) is 6.60. The Morgan fingerprint density at radius 1 is 1.18 bits per heavy atom. The first kappa shape index (κ1) is 14.5. The standard InChI is InChI=1S/C16H12BrN3O2/c17-12-9-18-7-11-5-6-13(20-15(11)12)16(22)19-8-10-3-1-2-4-14(10)21/h1-7,9,21H,8H2,(H,19,22). The van der Waals surface area contributed by atoms with Crippen LogP contribution in [0.15, 0.2) is 53.3 Å². The molecule has 1 amide bonds. The Balaban J connectivity index is 1.80. The molecule has 110 valence electrons. The minimum absolute atomic E-state index is 0.156. The van der Waals surface area contributed by atoms with E-state index in [9.17, 15) is 9.90 Å². The van der Waals surface area contributed by atoms with Crippen LogP contribution in [0.25, 0.3) is 10.9 Å². The molecular formula is C16H12BrN3O2. The van der Waals surface area contributed by atoms with Crippen molar-refractivity contribution in [3.8, 4) is 5.75 Å². The summed E-state index contributed by atoms with van der Waals surface area (Å²) in [5.74, 6) is -0.142. The van der Waals surface area contributed by atoms with Crippen LogP contribution in [0.3, 0.4) is 0 Å². The average Bonchev–Trinajstić information content (AvgIpc) is 2.54. The highest BCUT2D eigenvalue weighted by molar-refractivity contribution is 9.10. The molecule has 0 spiro atoms. The third kappa shape index (κ3) is 2.92. The number of hydrogen-bond donors (Lipinski definition) is 2. The van der Waals surface area contributed by atoms with E-state index in [0.717, 1.165) is 9.86 Å². The summed E-state index contributed by atoms with van der Waals surface area (Å²) in [5.41, 5.74) is 1.65. The minimum Gasteiger partial charge on any atom is -0.508 e. The normalized spacial score (nSPS) is 10.6. The number of halogens is 1. The zero-order valence-corrected chi connectivity index (χ0v) is 13.0. The monoisotopic (exact) mass is 357 g/mol. The second-order valence-electron chi connectivity index (χ2n) is 4.70. The molecule has 0 fully saturated rings. The quantitative estimate of drug-likeness (QED) is 0.755. The van der Waals surface area contributed by atoms with Crippen molar-refractivity contribution in [1.29, 1.82) is 0 Å². The van der Waals surface area contributed by atoms with Gasteiger partial charge in [-0.15, -0.1) is 0 Å². The molecule has 0 aliphatic heterocycles. The second-order valence-corrected chi connectivity index (χ2v) is 5.56. The molecule has 0 radical (unpaired) electrons. The third-order valence-electron chi connectivity index (χ3n) is 3.22. The van der Waals surface area contributed by atoms with Crippen LogP contribution in [0.2, 0.25) is 0 Å². The molecule has 0 atom stereocenters. The van der Waals surface area contributed by atoms with Crippen LogP contribution in [0.4, 0.5) is 0 Å². The van der Waals surface area contributed by atoms with Crippen molar-refractivity contribution in [2.45, 2.75) is 6.54 Å². The molecule has 5 nitrogen and oxygen atoms in total. The molecule has 22 heavy (non-hydrogen) atoms. The van der Waals surface area contributed by atoms with Crippen molar-refractivity contribution < 1.29 is 9.90 Å². The zero-order chi connectivity index (χ0) is 15.5. The Bertz CT molecular complexity index is 852. The third-order valence-corrected chi connectivity index (χ3v) is 3.80. The molecule has 3 aromatic rings. The maximum absolute atomic E-state index is 12.2. The average molecular weight is 358 g/mol. The van der Waals surface area contributed by atoms with Gasteiger partial charge in [-0.1, -0.05) is 18.2 Å². The molecule has 6 heteroatoms. The van der Waals surface area contributed by atoms with Gasteiger partial charge < -0.3 is 10.4 Å². The van der Waals surface area contributed by atoms with E-state index in [1.165, 1.54) is 0 Å². The molecule has 2 aromatic heterocycles. The van der Waals surface area contributed by atoms with Gasteiger partial charge in [0.25, 0.3) is 5.91 Å². The number of aromatic nitrogens is 2. The lowest BCUT2D eigenvalue weighted by Gasteiger charge is -2.07. The van der Waals surface area contributed by atoms with Gasteiger partial charge in [0.2, 0.25) is 0 Å². The Morgan fingerprint density at radius 3 is 2.82 bits per heavy atom. The smallest absolute Gasteiger partial charge is 0.270 e. The van der Waals surface area contributed by atoms with Gasteiger partial charge >= 0.3 is 0 Å². The van der Waals surface area contributed by atoms with Crippen molar-refractivity contribution in [2.75, 3.05) is 0 Å². The number of nitrogens with zero attached hydrogens (tertiary/aromatic N) is 2. The van der Waals surface area contributed by atoms with Crippen molar-refractivity contribution in [3.05, 3.63) is 64.5 Å². The molecular weight excluding hydrogens is 346 g/mol. The summed E-state index contributed by atoms with van der Waals surface area (Å²) in [6.07, 6.45) is 3.33. The van der Waals surface area contributed by atoms with Crippen molar-refractivity contribution >= 4 is 32.7 Å². The lowest BCUT2D eigenvalue weighted by Crippen LogP contribution is -2.23. The summed E-state index contributed by atoms with van der Waals surface area (Å²) in [6.45, 7) is 0.239. The van der Waals surface area contributed by atoms with E-state index < -0.39 is 0 Å². The predicted molar refractivity (Wildman–Crippen MR) is 86.5 cm³/mol. The summed E-state index contributed by atoms with van der Waals surface area (Å²) in [6, 6.07) is 10.3. The van der Waals surface area contributed by atoms with Crippen LogP contribution in [0, 0.1) is 0 Å². The van der Waals surface area contributed by atoms with E-state index in [1.54, 1.807) is 48.8 Å². The largest absolute Gasteiger partial charge is 0.508 e. The zero-order valence-electron chi connectivity index (χ0n) is 11.5. The van der Waals surface area contributed by atoms with Crippen molar-refractivity contribution in [3.63, 3.8) is 0 Å². The molecule has 0 saturated heterocycles. The van der Waals surface area contributed by atoms with Crippen LogP contribution in [0.1, 0.15) is 16.1 Å². The first-order valence-corrected chi connectivity index (χ1v) is 7.40. The fraction of sp³-hybridized carbons (Fsp3) is 0.0625. The summed E-state index contributed by atoms with van der Waals surface area (Å²) in [5, 5.41) is 13.3. The van der Waals surface area contributed by atoms with Gasteiger partial charge in [-0.2, -0.15) is 0 Å². The van der Waals surface area contributed by atoms with Gasteiger partial charge in [0.1, 0.15) is 11.4 Å². The highest BCUT2D eigenvalue weighted by Crippen LogP contribution is 2.21. The molecule has 2 heterocycles. The number of amides is 1. The first-order chi connectivity index (χ1) is 10.6. The number of carbonyl (C=O) groups excluding carboxylic acids is 1.